The summed E-state index contributed by atoms with van der Waals surface area (Å²) in [6, 6.07) is 0. The molecule has 33 heavy (non-hydrogen) atoms. The number of fused-ring (bicyclic) bond motifs is 5. The van der Waals surface area contributed by atoms with Gasteiger partial charge in [-0.3, -0.25) is 9.59 Å². The number of esters is 1. The van der Waals surface area contributed by atoms with E-state index in [-0.39, 0.29) is 23.0 Å². The Hall–Kier alpha value is -2.15. The first-order valence-electron chi connectivity index (χ1n) is 11.7. The van der Waals surface area contributed by atoms with E-state index < -0.39 is 29.6 Å². The normalized spacial score (nSPS) is 40.6. The Balaban J connectivity index is 1.69. The van der Waals surface area contributed by atoms with E-state index in [9.17, 15) is 14.4 Å². The molecule has 0 bridgehead atoms. The van der Waals surface area contributed by atoms with E-state index in [0.29, 0.717) is 29.5 Å². The molecule has 4 aliphatic carbocycles. The molecule has 2 fully saturated rings. The van der Waals surface area contributed by atoms with Crippen LogP contribution in [-0.2, 0) is 24.0 Å². The number of halogens is 1. The van der Waals surface area contributed by atoms with E-state index in [1.165, 1.54) is 6.92 Å². The standard InChI is InChI=1S/C25H32ClNO6/c1-14(28)25(33-15(2)29)10-7-19-17-12-21(26)20-11-16(27-32-13-22(30)31)5-8-23(20,3)18(17)6-9-24(19,25)4/h11-12,17-19H,5-10,13H2,1-4H3,(H,30,31)/b27-16+/t17-,18+,19+,23-,24+,25+/m1/s1. The van der Waals surface area contributed by atoms with Crippen molar-refractivity contribution < 1.29 is 29.1 Å². The Morgan fingerprint density at radius 1 is 1.15 bits per heavy atom. The number of carboxylic acids is 1. The second kappa shape index (κ2) is 8.26. The molecule has 0 spiro atoms. The fraction of sp³-hybridized carbons (Fsp3) is 0.680. The summed E-state index contributed by atoms with van der Waals surface area (Å²) in [6.45, 7) is 6.82. The number of nitrogens with zero attached hydrogens (tertiary/aromatic N) is 1. The number of oxime groups is 1. The number of hydrogen-bond donors (Lipinski definition) is 1. The lowest BCUT2D eigenvalue weighted by molar-refractivity contribution is -0.185. The number of carboxylic acid groups (broad SMARTS) is 1. The van der Waals surface area contributed by atoms with Gasteiger partial charge in [-0.2, -0.15) is 0 Å². The number of ether oxygens (including phenoxy) is 1. The minimum absolute atomic E-state index is 0.0706. The van der Waals surface area contributed by atoms with Crippen molar-refractivity contribution in [3.05, 3.63) is 22.8 Å². The highest BCUT2D eigenvalue weighted by molar-refractivity contribution is 6.32. The maximum absolute atomic E-state index is 12.9. The summed E-state index contributed by atoms with van der Waals surface area (Å²) < 4.78 is 5.81. The van der Waals surface area contributed by atoms with Gasteiger partial charge in [0, 0.05) is 17.4 Å². The van der Waals surface area contributed by atoms with E-state index in [0.717, 1.165) is 31.3 Å². The van der Waals surface area contributed by atoms with Crippen LogP contribution in [0.25, 0.3) is 0 Å². The van der Waals surface area contributed by atoms with Crippen LogP contribution in [0.15, 0.2) is 27.9 Å². The summed E-state index contributed by atoms with van der Waals surface area (Å²) in [5.74, 6) is -0.807. The van der Waals surface area contributed by atoms with E-state index >= 15 is 0 Å². The Bertz CT molecular complexity index is 985. The van der Waals surface area contributed by atoms with Crippen molar-refractivity contribution in [2.45, 2.75) is 71.8 Å². The summed E-state index contributed by atoms with van der Waals surface area (Å²) in [5, 5.41) is 13.5. The molecule has 0 heterocycles. The maximum atomic E-state index is 12.9. The molecule has 2 saturated carbocycles. The highest BCUT2D eigenvalue weighted by atomic mass is 35.5. The van der Waals surface area contributed by atoms with Crippen molar-refractivity contribution in [3.63, 3.8) is 0 Å². The zero-order valence-electron chi connectivity index (χ0n) is 19.7. The second-order valence-electron chi connectivity index (χ2n) is 10.5. The molecule has 7 nitrogen and oxygen atoms in total. The van der Waals surface area contributed by atoms with Gasteiger partial charge in [-0.1, -0.05) is 36.7 Å². The molecule has 4 aliphatic rings. The van der Waals surface area contributed by atoms with Gasteiger partial charge in [0.15, 0.2) is 11.4 Å². The average molecular weight is 478 g/mol. The van der Waals surface area contributed by atoms with Crippen molar-refractivity contribution in [3.8, 4) is 0 Å². The van der Waals surface area contributed by atoms with Crippen LogP contribution in [-0.4, -0.2) is 40.7 Å². The fourth-order valence-electron chi connectivity index (χ4n) is 7.39. The molecule has 0 saturated heterocycles. The number of carbonyl (C=O) groups excluding carboxylic acids is 2. The monoisotopic (exact) mass is 477 g/mol. The molecule has 180 valence electrons. The molecular formula is C25H32ClNO6. The van der Waals surface area contributed by atoms with E-state index in [4.69, 9.17) is 26.3 Å². The molecule has 0 aromatic rings. The summed E-state index contributed by atoms with van der Waals surface area (Å²) in [4.78, 5) is 40.5. The zero-order valence-corrected chi connectivity index (χ0v) is 20.4. The van der Waals surface area contributed by atoms with Gasteiger partial charge in [-0.05, 0) is 80.3 Å². The van der Waals surface area contributed by atoms with Gasteiger partial charge in [0.25, 0.3) is 0 Å². The van der Waals surface area contributed by atoms with Crippen molar-refractivity contribution >= 4 is 35.0 Å². The average Bonchev–Trinajstić information content (AvgIpc) is 3.02. The lowest BCUT2D eigenvalue weighted by Gasteiger charge is -2.57. The summed E-state index contributed by atoms with van der Waals surface area (Å²) in [7, 11) is 0. The third-order valence-corrected chi connectivity index (χ3v) is 9.28. The van der Waals surface area contributed by atoms with E-state index in [1.54, 1.807) is 6.92 Å². The van der Waals surface area contributed by atoms with Crippen LogP contribution in [0.3, 0.4) is 0 Å². The van der Waals surface area contributed by atoms with Crippen LogP contribution < -0.4 is 0 Å². The SMILES string of the molecule is CC(=O)O[C@]1(C(C)=O)CC[C@H]2[C@@H]3C=C(Cl)C4=C/C(=N/OCC(=O)O)CC[C@]4(C)[C@H]3CC[C@@]21C. The summed E-state index contributed by atoms with van der Waals surface area (Å²) in [6.07, 6.45) is 8.68. The van der Waals surface area contributed by atoms with Crippen LogP contribution in [0.1, 0.15) is 66.2 Å². The van der Waals surface area contributed by atoms with Crippen molar-refractivity contribution in [2.24, 2.45) is 33.7 Å². The lowest BCUT2D eigenvalue weighted by Crippen LogP contribution is -2.58. The van der Waals surface area contributed by atoms with Gasteiger partial charge < -0.3 is 14.7 Å². The van der Waals surface area contributed by atoms with Gasteiger partial charge in [-0.15, -0.1) is 0 Å². The number of rotatable bonds is 5. The first-order chi connectivity index (χ1) is 15.4. The molecule has 8 heteroatoms. The Kier molecular flexibility index (Phi) is 6.00. The fourth-order valence-corrected chi connectivity index (χ4v) is 7.80. The summed E-state index contributed by atoms with van der Waals surface area (Å²) >= 11 is 6.85. The van der Waals surface area contributed by atoms with E-state index in [2.05, 4.69) is 25.1 Å². The van der Waals surface area contributed by atoms with Crippen LogP contribution in [0.5, 0.6) is 0 Å². The maximum Gasteiger partial charge on any atom is 0.344 e. The molecule has 0 aliphatic heterocycles. The predicted octanol–water partition coefficient (Wildman–Crippen LogP) is 4.64. The lowest BCUT2D eigenvalue weighted by atomic mass is 9.48. The smallest absolute Gasteiger partial charge is 0.344 e. The third kappa shape index (κ3) is 3.63. The molecule has 4 rings (SSSR count). The number of allylic oxidation sites excluding steroid dienone is 4. The molecule has 1 N–H and O–H groups in total. The largest absolute Gasteiger partial charge is 0.479 e. The van der Waals surface area contributed by atoms with Gasteiger partial charge in [0.05, 0.1) is 5.71 Å². The molecule has 0 radical (unpaired) electrons. The van der Waals surface area contributed by atoms with Crippen molar-refractivity contribution in [1.82, 2.24) is 0 Å². The first kappa shape index (κ1) is 24.0. The number of Topliss-reactive ketones (excluding diaryl/α,β-unsaturated/α-hetero) is 1. The summed E-state index contributed by atoms with van der Waals surface area (Å²) in [5.41, 5.74) is 0.0733. The minimum Gasteiger partial charge on any atom is -0.479 e. The Morgan fingerprint density at radius 3 is 2.48 bits per heavy atom. The van der Waals surface area contributed by atoms with E-state index in [1.807, 2.05) is 6.08 Å². The van der Waals surface area contributed by atoms with Crippen molar-refractivity contribution in [1.29, 1.82) is 0 Å². The quantitative estimate of drug-likeness (QED) is 0.457. The number of carbonyl (C=O) groups is 3. The zero-order chi connectivity index (χ0) is 24.2. The molecule has 0 amide bonds. The topological polar surface area (TPSA) is 102 Å². The number of ketones is 1. The second-order valence-corrected chi connectivity index (χ2v) is 10.9. The molecule has 0 aromatic carbocycles. The van der Waals surface area contributed by atoms with Gasteiger partial charge in [0.2, 0.25) is 6.61 Å². The van der Waals surface area contributed by atoms with Gasteiger partial charge >= 0.3 is 11.9 Å². The number of aliphatic carboxylic acids is 1. The number of hydrogen-bond acceptors (Lipinski definition) is 6. The minimum atomic E-state index is -1.07. The van der Waals surface area contributed by atoms with Crippen LogP contribution >= 0.6 is 11.6 Å². The predicted molar refractivity (Wildman–Crippen MR) is 123 cm³/mol. The van der Waals surface area contributed by atoms with Crippen LogP contribution in [0.4, 0.5) is 0 Å². The van der Waals surface area contributed by atoms with Gasteiger partial charge in [-0.25, -0.2) is 4.79 Å². The molecular weight excluding hydrogens is 446 g/mol. The Labute approximate surface area is 199 Å². The highest BCUT2D eigenvalue weighted by Crippen LogP contribution is 2.68. The Morgan fingerprint density at radius 2 is 1.85 bits per heavy atom. The molecule has 0 unspecified atom stereocenters. The van der Waals surface area contributed by atoms with Crippen LogP contribution in [0.2, 0.25) is 0 Å². The first-order valence-corrected chi connectivity index (χ1v) is 12.0. The molecule has 6 atom stereocenters. The van der Waals surface area contributed by atoms with Crippen molar-refractivity contribution in [2.75, 3.05) is 6.61 Å². The van der Waals surface area contributed by atoms with Crippen LogP contribution in [0, 0.1) is 28.6 Å². The third-order valence-electron chi connectivity index (χ3n) is 8.95. The van der Waals surface area contributed by atoms with Gasteiger partial charge in [0.1, 0.15) is 0 Å². The highest BCUT2D eigenvalue weighted by Gasteiger charge is 2.67. The molecule has 0 aromatic heterocycles.